The number of amides is 1. The van der Waals surface area contributed by atoms with Crippen molar-refractivity contribution in [2.45, 2.75) is 26.3 Å². The first kappa shape index (κ1) is 16.4. The minimum absolute atomic E-state index is 0.0333. The standard InChI is InChI=1S/C14H16BrFN2O2/c1-9(2)14(3,8-17)18-13(19)7-20-12-5-4-10(16)6-11(12)15/h4-6,9H,7H2,1-3H3,(H,18,19)/t14-/m0/s1. The van der Waals surface area contributed by atoms with Crippen molar-refractivity contribution in [2.24, 2.45) is 5.92 Å². The van der Waals surface area contributed by atoms with Crippen molar-refractivity contribution in [1.82, 2.24) is 5.32 Å². The third kappa shape index (κ3) is 4.20. The van der Waals surface area contributed by atoms with Crippen LogP contribution in [0.1, 0.15) is 20.8 Å². The first-order chi connectivity index (χ1) is 9.28. The summed E-state index contributed by atoms with van der Waals surface area (Å²) in [5.41, 5.74) is -0.944. The van der Waals surface area contributed by atoms with Gasteiger partial charge in [-0.2, -0.15) is 5.26 Å². The van der Waals surface area contributed by atoms with Crippen LogP contribution in [0.4, 0.5) is 4.39 Å². The van der Waals surface area contributed by atoms with Crippen molar-refractivity contribution < 1.29 is 13.9 Å². The summed E-state index contributed by atoms with van der Waals surface area (Å²) in [5.74, 6) is -0.469. The van der Waals surface area contributed by atoms with Crippen molar-refractivity contribution in [3.8, 4) is 11.8 Å². The zero-order valence-electron chi connectivity index (χ0n) is 11.5. The van der Waals surface area contributed by atoms with E-state index >= 15 is 0 Å². The predicted octanol–water partition coefficient (Wildman–Crippen LogP) is 3.02. The van der Waals surface area contributed by atoms with Crippen molar-refractivity contribution in [2.75, 3.05) is 6.61 Å². The zero-order valence-corrected chi connectivity index (χ0v) is 13.1. The number of rotatable bonds is 5. The summed E-state index contributed by atoms with van der Waals surface area (Å²) in [6.07, 6.45) is 0. The Morgan fingerprint density at radius 2 is 2.25 bits per heavy atom. The molecule has 0 heterocycles. The molecule has 1 N–H and O–H groups in total. The molecule has 0 aliphatic heterocycles. The van der Waals surface area contributed by atoms with Crippen LogP contribution in [0.25, 0.3) is 0 Å². The molecule has 0 saturated carbocycles. The highest BCUT2D eigenvalue weighted by atomic mass is 79.9. The highest BCUT2D eigenvalue weighted by Crippen LogP contribution is 2.25. The maximum atomic E-state index is 12.9. The van der Waals surface area contributed by atoms with E-state index < -0.39 is 17.3 Å². The number of carbonyl (C=O) groups excluding carboxylic acids is 1. The molecule has 1 atom stereocenters. The molecule has 6 heteroatoms. The lowest BCUT2D eigenvalue weighted by Crippen LogP contribution is -2.50. The van der Waals surface area contributed by atoms with Crippen LogP contribution in [0.2, 0.25) is 0 Å². The fourth-order valence-corrected chi connectivity index (χ4v) is 1.83. The van der Waals surface area contributed by atoms with E-state index in [1.807, 2.05) is 13.8 Å². The van der Waals surface area contributed by atoms with Crippen LogP contribution >= 0.6 is 15.9 Å². The van der Waals surface area contributed by atoms with Gasteiger partial charge in [-0.1, -0.05) is 13.8 Å². The second-order valence-corrected chi connectivity index (χ2v) is 5.73. The van der Waals surface area contributed by atoms with Crippen LogP contribution in [-0.2, 0) is 4.79 Å². The molecular formula is C14H16BrFN2O2. The van der Waals surface area contributed by atoms with E-state index in [0.717, 1.165) is 0 Å². The smallest absolute Gasteiger partial charge is 0.259 e. The lowest BCUT2D eigenvalue weighted by molar-refractivity contribution is -0.124. The van der Waals surface area contributed by atoms with Gasteiger partial charge >= 0.3 is 0 Å². The Kier molecular flexibility index (Phi) is 5.52. The summed E-state index contributed by atoms with van der Waals surface area (Å²) in [7, 11) is 0. The van der Waals surface area contributed by atoms with Crippen molar-refractivity contribution in [3.05, 3.63) is 28.5 Å². The summed E-state index contributed by atoms with van der Waals surface area (Å²) in [4.78, 5) is 11.8. The van der Waals surface area contributed by atoms with Gasteiger partial charge < -0.3 is 10.1 Å². The second-order valence-electron chi connectivity index (χ2n) is 4.88. The number of hydrogen-bond donors (Lipinski definition) is 1. The van der Waals surface area contributed by atoms with Crippen LogP contribution in [0, 0.1) is 23.1 Å². The molecular weight excluding hydrogens is 327 g/mol. The third-order valence-electron chi connectivity index (χ3n) is 3.04. The van der Waals surface area contributed by atoms with Gasteiger partial charge in [0.15, 0.2) is 6.61 Å². The Morgan fingerprint density at radius 1 is 1.60 bits per heavy atom. The van der Waals surface area contributed by atoms with Gasteiger partial charge in [-0.3, -0.25) is 4.79 Å². The Morgan fingerprint density at radius 3 is 2.75 bits per heavy atom. The monoisotopic (exact) mass is 342 g/mol. The number of benzene rings is 1. The summed E-state index contributed by atoms with van der Waals surface area (Å²) in [6, 6.07) is 6.00. The van der Waals surface area contributed by atoms with Crippen molar-refractivity contribution in [1.29, 1.82) is 5.26 Å². The SMILES string of the molecule is CC(C)[C@](C)(C#N)NC(=O)COc1ccc(F)cc1Br. The largest absolute Gasteiger partial charge is 0.483 e. The van der Waals surface area contributed by atoms with Crippen LogP contribution in [-0.4, -0.2) is 18.1 Å². The van der Waals surface area contributed by atoms with Crippen molar-refractivity contribution >= 4 is 21.8 Å². The van der Waals surface area contributed by atoms with E-state index in [2.05, 4.69) is 27.3 Å². The molecule has 1 aromatic rings. The molecule has 1 amide bonds. The number of hydrogen-bond acceptors (Lipinski definition) is 3. The lowest BCUT2D eigenvalue weighted by atomic mass is 9.90. The van der Waals surface area contributed by atoms with Gasteiger partial charge in [0.2, 0.25) is 0 Å². The van der Waals surface area contributed by atoms with Crippen LogP contribution in [0.15, 0.2) is 22.7 Å². The van der Waals surface area contributed by atoms with Gasteiger partial charge in [-0.05, 0) is 47.0 Å². The van der Waals surface area contributed by atoms with Gasteiger partial charge in [-0.25, -0.2) is 4.39 Å². The number of halogens is 2. The van der Waals surface area contributed by atoms with Gasteiger partial charge in [0.05, 0.1) is 10.5 Å². The van der Waals surface area contributed by atoms with E-state index in [-0.39, 0.29) is 12.5 Å². The molecule has 0 radical (unpaired) electrons. The molecule has 0 aromatic heterocycles. The minimum Gasteiger partial charge on any atom is -0.483 e. The van der Waals surface area contributed by atoms with E-state index in [0.29, 0.717) is 10.2 Å². The number of carbonyl (C=O) groups is 1. The summed E-state index contributed by atoms with van der Waals surface area (Å²) >= 11 is 3.15. The van der Waals surface area contributed by atoms with Crippen LogP contribution in [0.3, 0.4) is 0 Å². The summed E-state index contributed by atoms with van der Waals surface area (Å²) < 4.78 is 18.6. The molecule has 108 valence electrons. The van der Waals surface area contributed by atoms with Crippen molar-refractivity contribution in [3.63, 3.8) is 0 Å². The average molecular weight is 343 g/mol. The zero-order chi connectivity index (χ0) is 15.3. The van der Waals surface area contributed by atoms with E-state index in [9.17, 15) is 9.18 Å². The number of ether oxygens (including phenoxy) is 1. The summed E-state index contributed by atoms with van der Waals surface area (Å²) in [5, 5.41) is 11.7. The van der Waals surface area contributed by atoms with Crippen LogP contribution in [0.5, 0.6) is 5.75 Å². The fraction of sp³-hybridized carbons (Fsp3) is 0.429. The molecule has 1 rings (SSSR count). The molecule has 0 bridgehead atoms. The Bertz CT molecular complexity index is 542. The Hall–Kier alpha value is -1.61. The first-order valence-electron chi connectivity index (χ1n) is 6.08. The van der Waals surface area contributed by atoms with E-state index in [1.165, 1.54) is 18.2 Å². The molecule has 0 saturated heterocycles. The maximum absolute atomic E-state index is 12.9. The Labute approximate surface area is 126 Å². The third-order valence-corrected chi connectivity index (χ3v) is 3.66. The minimum atomic E-state index is -0.944. The first-order valence-corrected chi connectivity index (χ1v) is 6.88. The topological polar surface area (TPSA) is 62.1 Å². The quantitative estimate of drug-likeness (QED) is 0.894. The maximum Gasteiger partial charge on any atom is 0.259 e. The summed E-state index contributed by atoms with van der Waals surface area (Å²) in [6.45, 7) is 5.11. The number of nitrogens with one attached hydrogen (secondary N) is 1. The average Bonchev–Trinajstić information content (AvgIpc) is 2.37. The van der Waals surface area contributed by atoms with Gasteiger partial charge in [-0.15, -0.1) is 0 Å². The number of nitriles is 1. The molecule has 0 aliphatic rings. The molecule has 0 aliphatic carbocycles. The molecule has 0 fully saturated rings. The normalized spacial score (nSPS) is 13.4. The molecule has 0 spiro atoms. The highest BCUT2D eigenvalue weighted by molar-refractivity contribution is 9.10. The molecule has 1 aromatic carbocycles. The molecule has 4 nitrogen and oxygen atoms in total. The van der Waals surface area contributed by atoms with Gasteiger partial charge in [0.1, 0.15) is 17.1 Å². The Balaban J connectivity index is 2.62. The molecule has 0 unspecified atom stereocenters. The predicted molar refractivity (Wildman–Crippen MR) is 76.6 cm³/mol. The number of nitrogens with zero attached hydrogens (tertiary/aromatic N) is 1. The second kappa shape index (κ2) is 6.71. The fourth-order valence-electron chi connectivity index (χ4n) is 1.36. The van der Waals surface area contributed by atoms with E-state index in [4.69, 9.17) is 10.00 Å². The van der Waals surface area contributed by atoms with Gasteiger partial charge in [0.25, 0.3) is 5.91 Å². The van der Waals surface area contributed by atoms with E-state index in [1.54, 1.807) is 6.92 Å². The molecule has 20 heavy (non-hydrogen) atoms. The lowest BCUT2D eigenvalue weighted by Gasteiger charge is -2.27. The highest BCUT2D eigenvalue weighted by Gasteiger charge is 2.30. The van der Waals surface area contributed by atoms with Gasteiger partial charge in [0, 0.05) is 0 Å². The van der Waals surface area contributed by atoms with Crippen LogP contribution < -0.4 is 10.1 Å².